The van der Waals surface area contributed by atoms with Crippen molar-refractivity contribution in [1.29, 1.82) is 0 Å². The molecule has 0 aromatic heterocycles. The standard InChI is InChI=1S/C25H30ClN3O3/c1-16-12-20(17-6-5-7-18(13-17)24(30)29-11-10-27)22(26)14-19(16)21-15-31-32-25(23(21)28)8-3-2-4-9-25/h5-7,12-14H,2-4,8-11,15,27-28H2,1H3,(H,29,30). The number of rotatable bonds is 5. The molecule has 1 amide bonds. The van der Waals surface area contributed by atoms with E-state index < -0.39 is 5.60 Å². The summed E-state index contributed by atoms with van der Waals surface area (Å²) in [5.74, 6) is -0.156. The van der Waals surface area contributed by atoms with E-state index in [0.717, 1.165) is 59.2 Å². The van der Waals surface area contributed by atoms with Gasteiger partial charge in [-0.2, -0.15) is 0 Å². The van der Waals surface area contributed by atoms with Crippen LogP contribution >= 0.6 is 11.6 Å². The van der Waals surface area contributed by atoms with Crippen LogP contribution in [0.4, 0.5) is 0 Å². The molecule has 0 bridgehead atoms. The van der Waals surface area contributed by atoms with E-state index in [4.69, 9.17) is 32.8 Å². The van der Waals surface area contributed by atoms with E-state index >= 15 is 0 Å². The molecule has 1 saturated carbocycles. The van der Waals surface area contributed by atoms with E-state index in [-0.39, 0.29) is 5.91 Å². The van der Waals surface area contributed by atoms with Crippen LogP contribution in [0.1, 0.15) is 53.6 Å². The lowest BCUT2D eigenvalue weighted by atomic mass is 9.79. The summed E-state index contributed by atoms with van der Waals surface area (Å²) in [6.45, 7) is 3.16. The predicted octanol–water partition coefficient (Wildman–Crippen LogP) is 4.34. The largest absolute Gasteiger partial charge is 0.399 e. The monoisotopic (exact) mass is 455 g/mol. The smallest absolute Gasteiger partial charge is 0.251 e. The summed E-state index contributed by atoms with van der Waals surface area (Å²) >= 11 is 6.74. The molecule has 2 aliphatic rings. The second-order valence-electron chi connectivity index (χ2n) is 8.57. The first-order valence-corrected chi connectivity index (χ1v) is 11.5. The van der Waals surface area contributed by atoms with Crippen molar-refractivity contribution in [2.45, 2.75) is 44.6 Å². The summed E-state index contributed by atoms with van der Waals surface area (Å²) in [6, 6.07) is 11.4. The zero-order chi connectivity index (χ0) is 22.7. The van der Waals surface area contributed by atoms with Gasteiger partial charge in [-0.05, 0) is 60.7 Å². The average molecular weight is 456 g/mol. The van der Waals surface area contributed by atoms with Gasteiger partial charge < -0.3 is 16.8 Å². The molecule has 2 aromatic rings. The lowest BCUT2D eigenvalue weighted by Crippen LogP contribution is -2.44. The van der Waals surface area contributed by atoms with E-state index in [0.29, 0.717) is 30.3 Å². The number of halogens is 1. The number of hydrogen-bond acceptors (Lipinski definition) is 5. The number of hydrogen-bond donors (Lipinski definition) is 3. The highest BCUT2D eigenvalue weighted by atomic mass is 35.5. The highest BCUT2D eigenvalue weighted by Crippen LogP contribution is 2.43. The third kappa shape index (κ3) is 4.41. The van der Waals surface area contributed by atoms with Crippen LogP contribution in [0.15, 0.2) is 42.1 Å². The van der Waals surface area contributed by atoms with Crippen LogP contribution in [0.25, 0.3) is 16.7 Å². The molecule has 0 atom stereocenters. The van der Waals surface area contributed by atoms with Crippen molar-refractivity contribution >= 4 is 23.1 Å². The molecule has 1 heterocycles. The number of nitrogens with one attached hydrogen (secondary N) is 1. The number of carbonyl (C=O) groups excluding carboxylic acids is 1. The van der Waals surface area contributed by atoms with Gasteiger partial charge in [0.2, 0.25) is 0 Å². The maximum absolute atomic E-state index is 12.3. The molecule has 1 aliphatic heterocycles. The first-order chi connectivity index (χ1) is 15.4. The molecule has 32 heavy (non-hydrogen) atoms. The second-order valence-corrected chi connectivity index (χ2v) is 8.97. The summed E-state index contributed by atoms with van der Waals surface area (Å²) in [5, 5.41) is 3.39. The summed E-state index contributed by atoms with van der Waals surface area (Å²) < 4.78 is 0. The lowest BCUT2D eigenvalue weighted by Gasteiger charge is -2.40. The number of amides is 1. The number of benzene rings is 2. The van der Waals surface area contributed by atoms with Crippen molar-refractivity contribution in [3.63, 3.8) is 0 Å². The van der Waals surface area contributed by atoms with Gasteiger partial charge in [-0.15, -0.1) is 0 Å². The van der Waals surface area contributed by atoms with Gasteiger partial charge >= 0.3 is 0 Å². The Balaban J connectivity index is 1.69. The Morgan fingerprint density at radius 2 is 1.94 bits per heavy atom. The van der Waals surface area contributed by atoms with Crippen molar-refractivity contribution in [1.82, 2.24) is 5.32 Å². The van der Waals surface area contributed by atoms with Gasteiger partial charge in [-0.1, -0.05) is 43.0 Å². The van der Waals surface area contributed by atoms with Gasteiger partial charge in [0.15, 0.2) is 0 Å². The van der Waals surface area contributed by atoms with Crippen LogP contribution in [-0.2, 0) is 9.78 Å². The van der Waals surface area contributed by atoms with Gasteiger partial charge in [0, 0.05) is 34.8 Å². The van der Waals surface area contributed by atoms with Crippen LogP contribution in [-0.4, -0.2) is 31.2 Å². The number of nitrogens with two attached hydrogens (primary N) is 2. The molecule has 5 N–H and O–H groups in total. The van der Waals surface area contributed by atoms with Gasteiger partial charge in [0.05, 0.1) is 5.70 Å². The van der Waals surface area contributed by atoms with E-state index in [2.05, 4.69) is 5.32 Å². The summed E-state index contributed by atoms with van der Waals surface area (Å²) in [5.41, 5.74) is 17.6. The normalized spacial score (nSPS) is 18.1. The third-order valence-corrected chi connectivity index (χ3v) is 6.72. The first-order valence-electron chi connectivity index (χ1n) is 11.1. The highest BCUT2D eigenvalue weighted by molar-refractivity contribution is 6.33. The molecular formula is C25H30ClN3O3. The fraction of sp³-hybridized carbons (Fsp3) is 0.400. The highest BCUT2D eigenvalue weighted by Gasteiger charge is 2.42. The second kappa shape index (κ2) is 9.63. The zero-order valence-electron chi connectivity index (χ0n) is 18.4. The first kappa shape index (κ1) is 22.8. The zero-order valence-corrected chi connectivity index (χ0v) is 19.1. The minimum atomic E-state index is -0.533. The Hall–Kier alpha value is -2.38. The van der Waals surface area contributed by atoms with E-state index in [1.165, 1.54) is 6.42 Å². The van der Waals surface area contributed by atoms with E-state index in [9.17, 15) is 4.79 Å². The van der Waals surface area contributed by atoms with Gasteiger partial charge in [-0.25, -0.2) is 9.78 Å². The van der Waals surface area contributed by atoms with Crippen molar-refractivity contribution in [2.75, 3.05) is 19.7 Å². The Kier molecular flexibility index (Phi) is 6.86. The molecule has 6 nitrogen and oxygen atoms in total. The predicted molar refractivity (Wildman–Crippen MR) is 127 cm³/mol. The molecule has 0 unspecified atom stereocenters. The quantitative estimate of drug-likeness (QED) is 0.582. The Morgan fingerprint density at radius 3 is 2.69 bits per heavy atom. The molecule has 0 radical (unpaired) electrons. The number of aryl methyl sites for hydroxylation is 1. The third-order valence-electron chi connectivity index (χ3n) is 6.40. The Bertz CT molecular complexity index is 1040. The minimum absolute atomic E-state index is 0.156. The summed E-state index contributed by atoms with van der Waals surface area (Å²) in [6.07, 6.45) is 5.07. The minimum Gasteiger partial charge on any atom is -0.399 e. The maximum atomic E-state index is 12.3. The number of carbonyl (C=O) groups is 1. The summed E-state index contributed by atoms with van der Waals surface area (Å²) in [4.78, 5) is 23.6. The average Bonchev–Trinajstić information content (AvgIpc) is 2.81. The summed E-state index contributed by atoms with van der Waals surface area (Å²) in [7, 11) is 0. The fourth-order valence-corrected chi connectivity index (χ4v) is 4.91. The van der Waals surface area contributed by atoms with Crippen molar-refractivity contribution in [3.05, 3.63) is 63.8 Å². The van der Waals surface area contributed by atoms with Gasteiger partial charge in [0.25, 0.3) is 5.91 Å². The molecule has 1 fully saturated rings. The van der Waals surface area contributed by atoms with Gasteiger partial charge in [-0.3, -0.25) is 4.79 Å². The molecule has 1 spiro atoms. The van der Waals surface area contributed by atoms with Crippen molar-refractivity contribution in [2.24, 2.45) is 11.5 Å². The van der Waals surface area contributed by atoms with Gasteiger partial charge in [0.1, 0.15) is 12.2 Å². The van der Waals surface area contributed by atoms with Crippen LogP contribution in [0.3, 0.4) is 0 Å². The molecule has 1 aliphatic carbocycles. The topological polar surface area (TPSA) is 99.6 Å². The SMILES string of the molecule is Cc1cc(-c2cccc(C(=O)NCCN)c2)c(Cl)cc1C1=C(N)C2(CCCCC2)OOC1. The van der Waals surface area contributed by atoms with E-state index in [1.54, 1.807) is 6.07 Å². The van der Waals surface area contributed by atoms with E-state index in [1.807, 2.05) is 37.3 Å². The molecular weight excluding hydrogens is 426 g/mol. The molecule has 4 rings (SSSR count). The Morgan fingerprint density at radius 1 is 1.16 bits per heavy atom. The molecule has 7 heteroatoms. The van der Waals surface area contributed by atoms with Crippen molar-refractivity contribution < 1.29 is 14.6 Å². The van der Waals surface area contributed by atoms with Crippen LogP contribution in [0, 0.1) is 6.92 Å². The molecule has 170 valence electrons. The molecule has 0 saturated heterocycles. The van der Waals surface area contributed by atoms with Crippen LogP contribution in [0.5, 0.6) is 0 Å². The maximum Gasteiger partial charge on any atom is 0.251 e. The fourth-order valence-electron chi connectivity index (χ4n) is 4.64. The van der Waals surface area contributed by atoms with Crippen LogP contribution in [0.2, 0.25) is 5.02 Å². The molecule has 2 aromatic carbocycles. The Labute approximate surface area is 193 Å². The van der Waals surface area contributed by atoms with Crippen molar-refractivity contribution in [3.8, 4) is 11.1 Å². The lowest BCUT2D eigenvalue weighted by molar-refractivity contribution is -0.356. The van der Waals surface area contributed by atoms with Crippen LogP contribution < -0.4 is 16.8 Å².